The predicted molar refractivity (Wildman–Crippen MR) is 127 cm³/mol. The van der Waals surface area contributed by atoms with Gasteiger partial charge >= 0.3 is 0 Å². The van der Waals surface area contributed by atoms with Crippen LogP contribution in [0, 0.1) is 30.9 Å². The lowest BCUT2D eigenvalue weighted by Gasteiger charge is -2.11. The van der Waals surface area contributed by atoms with Gasteiger partial charge in [-0.1, -0.05) is 12.1 Å². The molecular weight excluding hydrogens is 444 g/mol. The quantitative estimate of drug-likeness (QED) is 0.295. The third-order valence-electron chi connectivity index (χ3n) is 5.26. The number of nitrogens with zero attached hydrogens (tertiary/aromatic N) is 2. The maximum atomic E-state index is 12.7. The number of sulfone groups is 1. The maximum absolute atomic E-state index is 12.7. The third kappa shape index (κ3) is 5.40. The molecule has 0 aliphatic carbocycles. The minimum Gasteiger partial charge on any atom is -0.378 e. The van der Waals surface area contributed by atoms with Gasteiger partial charge < -0.3 is 15.2 Å². The van der Waals surface area contributed by atoms with Crippen LogP contribution in [-0.4, -0.2) is 43.2 Å². The van der Waals surface area contributed by atoms with E-state index >= 15 is 0 Å². The first kappa shape index (κ1) is 24.0. The van der Waals surface area contributed by atoms with Gasteiger partial charge in [0.05, 0.1) is 15.4 Å². The van der Waals surface area contributed by atoms with Crippen LogP contribution in [0.5, 0.6) is 0 Å². The van der Waals surface area contributed by atoms with Gasteiger partial charge in [-0.3, -0.25) is 14.9 Å². The number of benzene rings is 2. The van der Waals surface area contributed by atoms with Crippen molar-refractivity contribution in [3.63, 3.8) is 0 Å². The molecule has 3 rings (SSSR count). The van der Waals surface area contributed by atoms with Crippen molar-refractivity contribution in [1.82, 2.24) is 9.88 Å². The number of anilines is 1. The van der Waals surface area contributed by atoms with Crippen molar-refractivity contribution in [3.8, 4) is 5.69 Å². The summed E-state index contributed by atoms with van der Waals surface area (Å²) in [6.45, 7) is 6.28. The molecule has 0 spiro atoms. The Balaban J connectivity index is 1.67. The number of carbonyl (C=O) groups excluding carboxylic acids is 1. The Hall–Kier alpha value is -3.66. The van der Waals surface area contributed by atoms with Crippen molar-refractivity contribution in [3.05, 3.63) is 81.2 Å². The zero-order valence-electron chi connectivity index (χ0n) is 18.9. The number of aryl methyl sites for hydroxylation is 2. The first-order valence-electron chi connectivity index (χ1n) is 10.3. The summed E-state index contributed by atoms with van der Waals surface area (Å²) in [7, 11) is -3.56. The van der Waals surface area contributed by atoms with Crippen molar-refractivity contribution in [2.45, 2.75) is 25.7 Å². The molecule has 174 valence electrons. The number of nitro benzene ring substituents is 1. The van der Waals surface area contributed by atoms with Crippen LogP contribution < -0.4 is 10.6 Å². The van der Waals surface area contributed by atoms with Crippen molar-refractivity contribution < 1.29 is 18.1 Å². The monoisotopic (exact) mass is 470 g/mol. The third-order valence-corrected chi connectivity index (χ3v) is 6.37. The van der Waals surface area contributed by atoms with Crippen LogP contribution >= 0.6 is 0 Å². The summed E-state index contributed by atoms with van der Waals surface area (Å²) in [6, 6.07) is 13.5. The van der Waals surface area contributed by atoms with E-state index in [2.05, 4.69) is 10.6 Å². The molecule has 1 amide bonds. The van der Waals surface area contributed by atoms with E-state index in [-0.39, 0.29) is 35.3 Å². The number of nitrogens with one attached hydrogen (secondary N) is 2. The molecule has 0 atom stereocenters. The normalized spacial score (nSPS) is 11.3. The molecule has 0 fully saturated rings. The van der Waals surface area contributed by atoms with Gasteiger partial charge in [-0.25, -0.2) is 8.42 Å². The molecule has 0 aliphatic rings. The minimum absolute atomic E-state index is 0.128. The average molecular weight is 471 g/mol. The molecule has 0 unspecified atom stereocenters. The van der Waals surface area contributed by atoms with E-state index in [1.165, 1.54) is 12.1 Å². The molecule has 0 aliphatic heterocycles. The molecule has 2 aromatic carbocycles. The Morgan fingerprint density at radius 3 is 2.42 bits per heavy atom. The van der Waals surface area contributed by atoms with Gasteiger partial charge in [-0.2, -0.15) is 0 Å². The molecule has 0 radical (unpaired) electrons. The Labute approximate surface area is 192 Å². The number of hydrogen-bond acceptors (Lipinski definition) is 6. The van der Waals surface area contributed by atoms with E-state index in [1.54, 1.807) is 0 Å². The molecule has 3 aromatic rings. The largest absolute Gasteiger partial charge is 0.378 e. The van der Waals surface area contributed by atoms with E-state index in [1.807, 2.05) is 55.7 Å². The smallest absolute Gasteiger partial charge is 0.293 e. The molecular formula is C23H26N4O5S. The van der Waals surface area contributed by atoms with E-state index in [4.69, 9.17) is 0 Å². The maximum Gasteiger partial charge on any atom is 0.293 e. The summed E-state index contributed by atoms with van der Waals surface area (Å²) in [5.74, 6) is -0.245. The fourth-order valence-corrected chi connectivity index (χ4v) is 4.31. The van der Waals surface area contributed by atoms with Crippen molar-refractivity contribution in [2.75, 3.05) is 24.7 Å². The molecule has 1 aromatic heterocycles. The standard InChI is InChI=1S/C23H26N4O5S/c1-15-6-5-7-18(12-15)26-16(2)13-20(17(26)3)23(28)25-11-10-24-21-9-8-19(33(4,31)32)14-22(21)27(29)30/h5-9,12-14,24H,10-11H2,1-4H3,(H,25,28). The first-order valence-corrected chi connectivity index (χ1v) is 12.1. The number of amides is 1. The molecule has 0 saturated heterocycles. The Morgan fingerprint density at radius 2 is 1.79 bits per heavy atom. The van der Waals surface area contributed by atoms with Crippen molar-refractivity contribution in [2.24, 2.45) is 0 Å². The Morgan fingerprint density at radius 1 is 1.06 bits per heavy atom. The summed E-state index contributed by atoms with van der Waals surface area (Å²) >= 11 is 0. The highest BCUT2D eigenvalue weighted by atomic mass is 32.2. The summed E-state index contributed by atoms with van der Waals surface area (Å²) in [5, 5.41) is 17.0. The molecule has 33 heavy (non-hydrogen) atoms. The zero-order chi connectivity index (χ0) is 24.3. The Kier molecular flexibility index (Phi) is 6.87. The highest BCUT2D eigenvalue weighted by Crippen LogP contribution is 2.27. The molecule has 9 nitrogen and oxygen atoms in total. The molecule has 10 heteroatoms. The van der Waals surface area contributed by atoms with Gasteiger partial charge in [0.2, 0.25) is 0 Å². The van der Waals surface area contributed by atoms with Gasteiger partial charge in [0.15, 0.2) is 9.84 Å². The summed E-state index contributed by atoms with van der Waals surface area (Å²) in [4.78, 5) is 23.3. The highest BCUT2D eigenvalue weighted by Gasteiger charge is 2.19. The van der Waals surface area contributed by atoms with Gasteiger partial charge in [-0.15, -0.1) is 0 Å². The lowest BCUT2D eigenvalue weighted by molar-refractivity contribution is -0.384. The number of carbonyl (C=O) groups is 1. The molecule has 1 heterocycles. The van der Waals surface area contributed by atoms with Gasteiger partial charge in [-0.05, 0) is 56.7 Å². The second-order valence-corrected chi connectivity index (χ2v) is 9.87. The fraction of sp³-hybridized carbons (Fsp3) is 0.261. The summed E-state index contributed by atoms with van der Waals surface area (Å²) < 4.78 is 25.3. The van der Waals surface area contributed by atoms with Crippen LogP contribution in [-0.2, 0) is 9.84 Å². The van der Waals surface area contributed by atoms with E-state index in [0.717, 1.165) is 35.0 Å². The SMILES string of the molecule is Cc1cccc(-n2c(C)cc(C(=O)NCCNc3ccc(S(C)(=O)=O)cc3[N+](=O)[O-])c2C)c1. The summed E-state index contributed by atoms with van der Waals surface area (Å²) in [5.41, 5.74) is 4.24. The lowest BCUT2D eigenvalue weighted by Crippen LogP contribution is -2.29. The minimum atomic E-state index is -3.56. The van der Waals surface area contributed by atoms with Crippen LogP contribution in [0.1, 0.15) is 27.3 Å². The highest BCUT2D eigenvalue weighted by molar-refractivity contribution is 7.90. The van der Waals surface area contributed by atoms with Crippen LogP contribution in [0.4, 0.5) is 11.4 Å². The predicted octanol–water partition coefficient (Wildman–Crippen LogP) is 3.56. The zero-order valence-corrected chi connectivity index (χ0v) is 19.7. The molecule has 2 N–H and O–H groups in total. The Bertz CT molecular complexity index is 1330. The van der Waals surface area contributed by atoms with Crippen LogP contribution in [0.2, 0.25) is 0 Å². The number of aromatic nitrogens is 1. The van der Waals surface area contributed by atoms with Crippen LogP contribution in [0.25, 0.3) is 5.69 Å². The molecule has 0 saturated carbocycles. The van der Waals surface area contributed by atoms with E-state index < -0.39 is 14.8 Å². The number of rotatable bonds is 8. The van der Waals surface area contributed by atoms with E-state index in [0.29, 0.717) is 5.56 Å². The van der Waals surface area contributed by atoms with E-state index in [9.17, 15) is 23.3 Å². The van der Waals surface area contributed by atoms with Gasteiger partial charge in [0.1, 0.15) is 5.69 Å². The summed E-state index contributed by atoms with van der Waals surface area (Å²) in [6.07, 6.45) is 0.991. The lowest BCUT2D eigenvalue weighted by atomic mass is 10.2. The van der Waals surface area contributed by atoms with Crippen LogP contribution in [0.15, 0.2) is 53.4 Å². The average Bonchev–Trinajstić information content (AvgIpc) is 3.04. The van der Waals surface area contributed by atoms with Crippen LogP contribution in [0.3, 0.4) is 0 Å². The topological polar surface area (TPSA) is 123 Å². The van der Waals surface area contributed by atoms with Gasteiger partial charge in [0, 0.05) is 42.5 Å². The fourth-order valence-electron chi connectivity index (χ4n) is 3.67. The second-order valence-electron chi connectivity index (χ2n) is 7.85. The number of nitro groups is 1. The van der Waals surface area contributed by atoms with Crippen molar-refractivity contribution >= 4 is 27.1 Å². The second kappa shape index (κ2) is 9.45. The van der Waals surface area contributed by atoms with Gasteiger partial charge in [0.25, 0.3) is 11.6 Å². The first-order chi connectivity index (χ1) is 15.5. The molecule has 0 bridgehead atoms. The van der Waals surface area contributed by atoms with Crippen molar-refractivity contribution in [1.29, 1.82) is 0 Å². The number of hydrogen-bond donors (Lipinski definition) is 2.